The number of likely N-dealkylation sites (N-methyl/N-ethyl adjacent to an activating group) is 1. The fourth-order valence-corrected chi connectivity index (χ4v) is 4.51. The number of amides is 1. The van der Waals surface area contributed by atoms with Gasteiger partial charge in [-0.3, -0.25) is 4.79 Å². The smallest absolute Gasteiger partial charge is 0.241 e. The van der Waals surface area contributed by atoms with E-state index >= 15 is 0 Å². The number of nitrogens with zero attached hydrogens (tertiary/aromatic N) is 2. The summed E-state index contributed by atoms with van der Waals surface area (Å²) in [4.78, 5) is 14.6. The van der Waals surface area contributed by atoms with Crippen molar-refractivity contribution in [1.29, 1.82) is 0 Å². The molecular formula is C19H21ClN2O3S. The number of benzene rings is 2. The van der Waals surface area contributed by atoms with Gasteiger partial charge in [0.2, 0.25) is 15.9 Å². The second-order valence-electron chi connectivity index (χ2n) is 6.62. The van der Waals surface area contributed by atoms with E-state index in [9.17, 15) is 13.2 Å². The van der Waals surface area contributed by atoms with Crippen molar-refractivity contribution in [3.63, 3.8) is 0 Å². The van der Waals surface area contributed by atoms with Crippen molar-refractivity contribution >= 4 is 27.5 Å². The van der Waals surface area contributed by atoms with E-state index in [1.807, 2.05) is 36.4 Å². The summed E-state index contributed by atoms with van der Waals surface area (Å²) >= 11 is 6.00. The SMILES string of the molecule is CN(Cc1cccc(Cl)c1)C(=O)[C@H]1Cc2ccccc2CN1S(C)(=O)=O. The molecule has 0 bridgehead atoms. The average Bonchev–Trinajstić information content (AvgIpc) is 2.59. The van der Waals surface area contributed by atoms with Crippen LogP contribution in [0.3, 0.4) is 0 Å². The van der Waals surface area contributed by atoms with Crippen LogP contribution in [-0.4, -0.2) is 42.9 Å². The van der Waals surface area contributed by atoms with Crippen LogP contribution in [0.1, 0.15) is 16.7 Å². The molecule has 0 radical (unpaired) electrons. The molecule has 0 N–H and O–H groups in total. The average molecular weight is 393 g/mol. The van der Waals surface area contributed by atoms with E-state index in [-0.39, 0.29) is 12.5 Å². The molecule has 5 nitrogen and oxygen atoms in total. The number of carbonyl (C=O) groups is 1. The van der Waals surface area contributed by atoms with Gasteiger partial charge in [-0.05, 0) is 35.2 Å². The number of hydrogen-bond donors (Lipinski definition) is 0. The van der Waals surface area contributed by atoms with Gasteiger partial charge < -0.3 is 4.90 Å². The minimum Gasteiger partial charge on any atom is -0.340 e. The quantitative estimate of drug-likeness (QED) is 0.803. The number of sulfonamides is 1. The number of halogens is 1. The van der Waals surface area contributed by atoms with Gasteiger partial charge >= 0.3 is 0 Å². The molecule has 1 heterocycles. The highest BCUT2D eigenvalue weighted by atomic mass is 35.5. The Morgan fingerprint density at radius 2 is 1.88 bits per heavy atom. The van der Waals surface area contributed by atoms with Gasteiger partial charge in [0.25, 0.3) is 0 Å². The molecule has 7 heteroatoms. The number of hydrogen-bond acceptors (Lipinski definition) is 3. The number of fused-ring (bicyclic) bond motifs is 1. The molecule has 0 aromatic heterocycles. The van der Waals surface area contributed by atoms with Crippen molar-refractivity contribution in [3.05, 3.63) is 70.2 Å². The van der Waals surface area contributed by atoms with E-state index in [1.54, 1.807) is 24.1 Å². The van der Waals surface area contributed by atoms with Crippen molar-refractivity contribution in [2.24, 2.45) is 0 Å². The van der Waals surface area contributed by atoms with Crippen LogP contribution in [0, 0.1) is 0 Å². The van der Waals surface area contributed by atoms with Gasteiger partial charge in [-0.2, -0.15) is 4.31 Å². The maximum atomic E-state index is 13.0. The summed E-state index contributed by atoms with van der Waals surface area (Å²) in [5.41, 5.74) is 2.86. The van der Waals surface area contributed by atoms with Gasteiger partial charge in [-0.1, -0.05) is 48.0 Å². The molecule has 3 rings (SSSR count). The molecule has 0 aliphatic carbocycles. The van der Waals surface area contributed by atoms with Crippen molar-refractivity contribution in [2.75, 3.05) is 13.3 Å². The standard InChI is InChI=1S/C19H21ClN2O3S/c1-21(12-14-6-5-9-17(20)10-14)19(23)18-11-15-7-3-4-8-16(15)13-22(18)26(2,24)25/h3-10,18H,11-13H2,1-2H3/t18-/m1/s1. The summed E-state index contributed by atoms with van der Waals surface area (Å²) in [6.45, 7) is 0.589. The summed E-state index contributed by atoms with van der Waals surface area (Å²) in [6.07, 6.45) is 1.53. The predicted molar refractivity (Wildman–Crippen MR) is 102 cm³/mol. The molecule has 26 heavy (non-hydrogen) atoms. The second kappa shape index (κ2) is 7.39. The molecule has 0 spiro atoms. The maximum absolute atomic E-state index is 13.0. The molecule has 2 aromatic carbocycles. The zero-order valence-electron chi connectivity index (χ0n) is 14.7. The fourth-order valence-electron chi connectivity index (χ4n) is 3.30. The van der Waals surface area contributed by atoms with Gasteiger partial charge in [0.05, 0.1) is 6.26 Å². The maximum Gasteiger partial charge on any atom is 0.241 e. The minimum atomic E-state index is -3.51. The van der Waals surface area contributed by atoms with Crippen LogP contribution < -0.4 is 0 Å². The van der Waals surface area contributed by atoms with Crippen LogP contribution in [0.2, 0.25) is 5.02 Å². The Morgan fingerprint density at radius 1 is 1.19 bits per heavy atom. The Bertz CT molecular complexity index is 930. The molecule has 0 saturated heterocycles. The Labute approximate surface area is 159 Å². The van der Waals surface area contributed by atoms with Crippen LogP contribution >= 0.6 is 11.6 Å². The predicted octanol–water partition coefficient (Wildman–Crippen LogP) is 2.68. The first-order valence-electron chi connectivity index (χ1n) is 8.29. The molecule has 138 valence electrons. The molecule has 2 aromatic rings. The molecule has 0 unspecified atom stereocenters. The summed E-state index contributed by atoms with van der Waals surface area (Å²) < 4.78 is 25.8. The lowest BCUT2D eigenvalue weighted by Gasteiger charge is -2.36. The zero-order chi connectivity index (χ0) is 18.9. The van der Waals surface area contributed by atoms with Crippen molar-refractivity contribution in [1.82, 2.24) is 9.21 Å². The minimum absolute atomic E-state index is 0.218. The lowest BCUT2D eigenvalue weighted by atomic mass is 9.95. The third kappa shape index (κ3) is 4.09. The third-order valence-corrected chi connectivity index (χ3v) is 6.07. The first-order valence-corrected chi connectivity index (χ1v) is 10.5. The Hall–Kier alpha value is -1.89. The first kappa shape index (κ1) is 18.9. The van der Waals surface area contributed by atoms with Gasteiger partial charge in [0.1, 0.15) is 6.04 Å². The number of carbonyl (C=O) groups excluding carboxylic acids is 1. The van der Waals surface area contributed by atoms with E-state index < -0.39 is 16.1 Å². The van der Waals surface area contributed by atoms with Gasteiger partial charge in [-0.25, -0.2) is 8.42 Å². The van der Waals surface area contributed by atoms with Crippen LogP contribution in [0.25, 0.3) is 0 Å². The van der Waals surface area contributed by atoms with Crippen LogP contribution in [-0.2, 0) is 34.3 Å². The second-order valence-corrected chi connectivity index (χ2v) is 8.99. The number of rotatable bonds is 4. The Kier molecular flexibility index (Phi) is 5.37. The highest BCUT2D eigenvalue weighted by molar-refractivity contribution is 7.88. The van der Waals surface area contributed by atoms with Gasteiger partial charge in [0, 0.05) is 25.2 Å². The van der Waals surface area contributed by atoms with Crippen molar-refractivity contribution in [3.8, 4) is 0 Å². The monoisotopic (exact) mass is 392 g/mol. The lowest BCUT2D eigenvalue weighted by molar-refractivity contribution is -0.134. The van der Waals surface area contributed by atoms with E-state index in [4.69, 9.17) is 11.6 Å². The van der Waals surface area contributed by atoms with E-state index in [1.165, 1.54) is 4.31 Å². The summed E-state index contributed by atoms with van der Waals surface area (Å²) in [6, 6.07) is 14.2. The van der Waals surface area contributed by atoms with Crippen LogP contribution in [0.15, 0.2) is 48.5 Å². The highest BCUT2D eigenvalue weighted by Gasteiger charge is 2.38. The van der Waals surface area contributed by atoms with E-state index in [0.717, 1.165) is 22.9 Å². The van der Waals surface area contributed by atoms with Crippen molar-refractivity contribution in [2.45, 2.75) is 25.6 Å². The molecule has 1 atom stereocenters. The van der Waals surface area contributed by atoms with Crippen LogP contribution in [0.5, 0.6) is 0 Å². The van der Waals surface area contributed by atoms with E-state index in [2.05, 4.69) is 0 Å². The van der Waals surface area contributed by atoms with E-state index in [0.29, 0.717) is 18.0 Å². The van der Waals surface area contributed by atoms with Crippen LogP contribution in [0.4, 0.5) is 0 Å². The summed E-state index contributed by atoms with van der Waals surface area (Å²) in [5.74, 6) is -0.218. The molecule has 1 aliphatic heterocycles. The summed E-state index contributed by atoms with van der Waals surface area (Å²) in [7, 11) is -1.83. The largest absolute Gasteiger partial charge is 0.340 e. The van der Waals surface area contributed by atoms with Gasteiger partial charge in [0.15, 0.2) is 0 Å². The zero-order valence-corrected chi connectivity index (χ0v) is 16.3. The van der Waals surface area contributed by atoms with Gasteiger partial charge in [-0.15, -0.1) is 0 Å². The summed E-state index contributed by atoms with van der Waals surface area (Å²) in [5, 5.41) is 0.604. The molecule has 0 fully saturated rings. The molecular weight excluding hydrogens is 372 g/mol. The molecule has 1 aliphatic rings. The normalized spacial score (nSPS) is 17.6. The van der Waals surface area contributed by atoms with Crippen molar-refractivity contribution < 1.29 is 13.2 Å². The molecule has 1 amide bonds. The first-order chi connectivity index (χ1) is 12.3. The lowest BCUT2D eigenvalue weighted by Crippen LogP contribution is -2.52. The Morgan fingerprint density at radius 3 is 2.54 bits per heavy atom. The molecule has 0 saturated carbocycles. The Balaban J connectivity index is 1.86. The third-order valence-electron chi connectivity index (χ3n) is 4.60. The fraction of sp³-hybridized carbons (Fsp3) is 0.316. The highest BCUT2D eigenvalue weighted by Crippen LogP contribution is 2.26. The topological polar surface area (TPSA) is 57.7 Å².